The molecule has 1 N–H and O–H groups in total. The Balaban J connectivity index is 0.000000406. The lowest BCUT2D eigenvalue weighted by Gasteiger charge is -2.17. The Labute approximate surface area is 137 Å². The first-order chi connectivity index (χ1) is 10.4. The average molecular weight is 377 g/mol. The second kappa shape index (κ2) is 11.0. The summed E-state index contributed by atoms with van der Waals surface area (Å²) in [5, 5.41) is 0. The van der Waals surface area contributed by atoms with E-state index in [9.17, 15) is 0 Å². The Kier molecular flexibility index (Phi) is 10.7. The van der Waals surface area contributed by atoms with Crippen molar-refractivity contribution in [3.05, 3.63) is 30.6 Å². The molecule has 0 bridgehead atoms. The van der Waals surface area contributed by atoms with Gasteiger partial charge in [0.1, 0.15) is 6.54 Å². The predicted octanol–water partition coefficient (Wildman–Crippen LogP) is -9.86. The van der Waals surface area contributed by atoms with E-state index in [1.807, 2.05) is 0 Å². The van der Waals surface area contributed by atoms with Crippen LogP contribution in [0, 0.1) is 20.5 Å². The van der Waals surface area contributed by atoms with Crippen molar-refractivity contribution in [3.8, 4) is 0 Å². The number of hydrogen-bond acceptors (Lipinski definition) is 8. The molecule has 1 aliphatic rings. The SMILES string of the molecule is [O-][Cl+3]([O-])([O-])[O-].[O-][Cl+3]([O-])([O-])[O-].c1cc[n+](CC[NH+]2CCCC2)cc1. The molecule has 0 aliphatic carbocycles. The Bertz CT molecular complexity index is 383. The van der Waals surface area contributed by atoms with Gasteiger partial charge in [0.25, 0.3) is 0 Å². The van der Waals surface area contributed by atoms with Crippen LogP contribution in [0.25, 0.3) is 0 Å². The zero-order valence-electron chi connectivity index (χ0n) is 12.1. The average Bonchev–Trinajstić information content (AvgIpc) is 2.86. The van der Waals surface area contributed by atoms with Gasteiger partial charge in [0.15, 0.2) is 18.9 Å². The van der Waals surface area contributed by atoms with Gasteiger partial charge in [-0.1, -0.05) is 6.07 Å². The van der Waals surface area contributed by atoms with Gasteiger partial charge in [-0.05, 0) is 0 Å². The summed E-state index contributed by atoms with van der Waals surface area (Å²) in [4.78, 5) is 1.77. The summed E-state index contributed by atoms with van der Waals surface area (Å²) in [7, 11) is -9.89. The van der Waals surface area contributed by atoms with Gasteiger partial charge in [-0.2, -0.15) is 4.57 Å². The minimum Gasteiger partial charge on any atom is -0.330 e. The van der Waals surface area contributed by atoms with Gasteiger partial charge in [0.2, 0.25) is 0 Å². The zero-order valence-corrected chi connectivity index (χ0v) is 13.6. The van der Waals surface area contributed by atoms with E-state index in [2.05, 4.69) is 35.2 Å². The Morgan fingerprint density at radius 3 is 1.52 bits per heavy atom. The Morgan fingerprint density at radius 1 is 0.739 bits per heavy atom. The summed E-state index contributed by atoms with van der Waals surface area (Å²) in [5.74, 6) is 0. The number of hydrogen-bond donors (Lipinski definition) is 1. The number of pyridine rings is 1. The molecule has 0 atom stereocenters. The standard InChI is InChI=1S/C11H17N2.2ClHO4/c1-2-6-12(7-3-1)10-11-13-8-4-5-9-13;2*2-1(3,4)5/h1-3,6-7H,4-5,8-11H2;2*(H,2,3,4,5)/q+1;;/p-1. The topological polar surface area (TPSA) is 193 Å². The fourth-order valence-electron chi connectivity index (χ4n) is 2.00. The van der Waals surface area contributed by atoms with Crippen molar-refractivity contribution >= 4 is 0 Å². The third kappa shape index (κ3) is 21.4. The van der Waals surface area contributed by atoms with Crippen molar-refractivity contribution in [2.24, 2.45) is 0 Å². The fraction of sp³-hybridized carbons (Fsp3) is 0.545. The van der Waals surface area contributed by atoms with Crippen LogP contribution in [0.5, 0.6) is 0 Å². The summed E-state index contributed by atoms with van der Waals surface area (Å²) < 4.78 is 70.2. The van der Waals surface area contributed by atoms with Crippen LogP contribution in [-0.2, 0) is 6.54 Å². The van der Waals surface area contributed by atoms with Crippen LogP contribution in [0.4, 0.5) is 0 Å². The molecule has 1 aromatic heterocycles. The van der Waals surface area contributed by atoms with Gasteiger partial charge in [0, 0.05) is 25.0 Å². The number of likely N-dealkylation sites (tertiary alicyclic amines) is 1. The highest BCUT2D eigenvalue weighted by molar-refractivity contribution is 4.83. The smallest absolute Gasteiger partial charge is 0.196 e. The van der Waals surface area contributed by atoms with E-state index in [0.717, 1.165) is 6.54 Å². The van der Waals surface area contributed by atoms with E-state index in [-0.39, 0.29) is 0 Å². The van der Waals surface area contributed by atoms with Crippen molar-refractivity contribution in [2.45, 2.75) is 19.4 Å². The largest absolute Gasteiger partial charge is 0.330 e. The first-order valence-electron chi connectivity index (χ1n) is 6.46. The summed E-state index contributed by atoms with van der Waals surface area (Å²) in [5.41, 5.74) is 0. The summed E-state index contributed by atoms with van der Waals surface area (Å²) >= 11 is 0. The highest BCUT2D eigenvalue weighted by atomic mass is 35.7. The predicted molar refractivity (Wildman–Crippen MR) is 51.4 cm³/mol. The van der Waals surface area contributed by atoms with Crippen molar-refractivity contribution in [2.75, 3.05) is 19.6 Å². The number of aromatic nitrogens is 1. The summed E-state index contributed by atoms with van der Waals surface area (Å²) in [6.07, 6.45) is 7.15. The molecule has 0 amide bonds. The number of rotatable bonds is 3. The van der Waals surface area contributed by atoms with Crippen LogP contribution in [0.2, 0.25) is 0 Å². The van der Waals surface area contributed by atoms with Gasteiger partial charge < -0.3 is 4.90 Å². The van der Waals surface area contributed by atoms with Crippen LogP contribution in [0.15, 0.2) is 30.6 Å². The van der Waals surface area contributed by atoms with Gasteiger partial charge in [-0.25, -0.2) is 37.3 Å². The maximum Gasteiger partial charge on any atom is 0.196 e. The minimum atomic E-state index is -4.94. The lowest BCUT2D eigenvalue weighted by Crippen LogP contribution is -3.10. The molecule has 1 saturated heterocycles. The third-order valence-electron chi connectivity index (χ3n) is 2.81. The Hall–Kier alpha value is -0.630. The first kappa shape index (κ1) is 22.4. The number of quaternary nitrogens is 1. The molecule has 0 unspecified atom stereocenters. The second-order valence-corrected chi connectivity index (χ2v) is 6.09. The van der Waals surface area contributed by atoms with Gasteiger partial charge in [0.05, 0.1) is 13.1 Å². The van der Waals surface area contributed by atoms with Crippen LogP contribution < -0.4 is 46.7 Å². The first-order valence-corrected chi connectivity index (χ1v) is 8.93. The molecule has 134 valence electrons. The quantitative estimate of drug-likeness (QED) is 0.501. The molecular formula is C11H18Cl2N2O8. The van der Waals surface area contributed by atoms with Crippen LogP contribution in [0.1, 0.15) is 12.8 Å². The number of nitrogens with one attached hydrogen (secondary N) is 1. The minimum absolute atomic E-state index is 1.16. The molecule has 0 spiro atoms. The molecule has 2 heterocycles. The van der Waals surface area contributed by atoms with Crippen molar-refractivity contribution in [3.63, 3.8) is 0 Å². The zero-order chi connectivity index (χ0) is 17.9. The molecule has 12 heteroatoms. The molecule has 10 nitrogen and oxygen atoms in total. The molecule has 0 radical (unpaired) electrons. The Morgan fingerprint density at radius 2 is 1.13 bits per heavy atom. The van der Waals surface area contributed by atoms with Crippen LogP contribution in [0.3, 0.4) is 0 Å². The van der Waals surface area contributed by atoms with E-state index < -0.39 is 20.5 Å². The molecule has 1 aliphatic heterocycles. The lowest BCUT2D eigenvalue weighted by molar-refractivity contribution is -2.00. The molecule has 1 fully saturated rings. The highest BCUT2D eigenvalue weighted by Gasteiger charge is 2.16. The van der Waals surface area contributed by atoms with E-state index in [4.69, 9.17) is 37.3 Å². The molecular weight excluding hydrogens is 359 g/mol. The van der Waals surface area contributed by atoms with E-state index in [1.165, 1.54) is 32.5 Å². The van der Waals surface area contributed by atoms with Crippen molar-refractivity contribution in [1.29, 1.82) is 0 Å². The van der Waals surface area contributed by atoms with Crippen LogP contribution in [-0.4, -0.2) is 19.6 Å². The van der Waals surface area contributed by atoms with E-state index in [1.54, 1.807) is 4.90 Å². The van der Waals surface area contributed by atoms with E-state index in [0.29, 0.717) is 0 Å². The summed E-state index contributed by atoms with van der Waals surface area (Å²) in [6, 6.07) is 6.26. The monoisotopic (exact) mass is 376 g/mol. The lowest BCUT2D eigenvalue weighted by atomic mass is 10.4. The second-order valence-electron chi connectivity index (χ2n) is 4.58. The van der Waals surface area contributed by atoms with E-state index >= 15 is 0 Å². The van der Waals surface area contributed by atoms with Crippen LogP contribution >= 0.6 is 0 Å². The molecule has 23 heavy (non-hydrogen) atoms. The van der Waals surface area contributed by atoms with Gasteiger partial charge in [-0.3, -0.25) is 0 Å². The highest BCUT2D eigenvalue weighted by Crippen LogP contribution is 1.86. The normalized spacial score (nSPS) is 15.3. The fourth-order valence-corrected chi connectivity index (χ4v) is 2.00. The molecule has 0 saturated carbocycles. The van der Waals surface area contributed by atoms with Crippen molar-refractivity contribution < 1.29 is 67.2 Å². The third-order valence-corrected chi connectivity index (χ3v) is 2.81. The maximum atomic E-state index is 8.49. The molecule has 1 aromatic rings. The number of nitrogens with zero attached hydrogens (tertiary/aromatic N) is 1. The van der Waals surface area contributed by atoms with Gasteiger partial charge >= 0.3 is 0 Å². The summed E-state index contributed by atoms with van der Waals surface area (Å²) in [6.45, 7) is 5.21. The maximum absolute atomic E-state index is 8.49. The molecule has 0 aromatic carbocycles. The van der Waals surface area contributed by atoms with Gasteiger partial charge in [-0.15, -0.1) is 20.5 Å². The molecule has 2 rings (SSSR count). The van der Waals surface area contributed by atoms with Crippen molar-refractivity contribution in [1.82, 2.24) is 0 Å². The number of halogens is 2.